The molecule has 4 atom stereocenters. The monoisotopic (exact) mass is 473 g/mol. The number of nitrogens with two attached hydrogens (primary N) is 1. The van der Waals surface area contributed by atoms with Gasteiger partial charge in [0.2, 0.25) is 5.91 Å². The van der Waals surface area contributed by atoms with Crippen molar-refractivity contribution in [3.05, 3.63) is 29.3 Å². The summed E-state index contributed by atoms with van der Waals surface area (Å²) in [4.78, 5) is 29.9. The number of hydrogen-bond donors (Lipinski definition) is 2. The molecule has 1 aromatic rings. The normalized spacial score (nSPS) is 22.9. The Labute approximate surface area is 204 Å². The first-order chi connectivity index (χ1) is 16.4. The van der Waals surface area contributed by atoms with Gasteiger partial charge in [-0.05, 0) is 36.0 Å². The molecule has 2 unspecified atom stereocenters. The van der Waals surface area contributed by atoms with Crippen molar-refractivity contribution in [3.63, 3.8) is 0 Å². The van der Waals surface area contributed by atoms with Gasteiger partial charge in [-0.25, -0.2) is 0 Å². The van der Waals surface area contributed by atoms with E-state index in [1.54, 1.807) is 0 Å². The summed E-state index contributed by atoms with van der Waals surface area (Å²) in [5.41, 5.74) is 7.98. The van der Waals surface area contributed by atoms with Gasteiger partial charge in [-0.3, -0.25) is 14.5 Å². The molecule has 190 valence electrons. The highest BCUT2D eigenvalue weighted by molar-refractivity contribution is 5.79. The molecule has 2 aliphatic rings. The molecule has 0 spiro atoms. The van der Waals surface area contributed by atoms with E-state index in [1.807, 2.05) is 17.0 Å². The van der Waals surface area contributed by atoms with Crippen molar-refractivity contribution in [2.24, 2.45) is 17.6 Å². The zero-order chi connectivity index (χ0) is 24.7. The molecule has 34 heavy (non-hydrogen) atoms. The van der Waals surface area contributed by atoms with Gasteiger partial charge in [0.1, 0.15) is 5.75 Å². The summed E-state index contributed by atoms with van der Waals surface area (Å²) in [5, 5.41) is 10.3. The quantitative estimate of drug-likeness (QED) is 0.455. The van der Waals surface area contributed by atoms with Crippen LogP contribution in [0.3, 0.4) is 0 Å². The maximum absolute atomic E-state index is 13.3. The molecule has 7 heteroatoms. The number of unbranched alkanes of at least 4 members (excludes halogenated alkanes) is 1. The average molecular weight is 474 g/mol. The first-order valence-corrected chi connectivity index (χ1v) is 13.1. The molecule has 2 aliphatic heterocycles. The fourth-order valence-corrected chi connectivity index (χ4v) is 5.72. The van der Waals surface area contributed by atoms with Gasteiger partial charge in [-0.2, -0.15) is 0 Å². The highest BCUT2D eigenvalue weighted by Crippen LogP contribution is 2.42. The number of rotatable bonds is 13. The molecule has 1 saturated heterocycles. The summed E-state index contributed by atoms with van der Waals surface area (Å²) < 4.78 is 5.66. The largest absolute Gasteiger partial charge is 0.493 e. The molecule has 2 heterocycles. The maximum atomic E-state index is 13.3. The molecule has 0 saturated carbocycles. The Kier molecular flexibility index (Phi) is 9.77. The van der Waals surface area contributed by atoms with E-state index >= 15 is 0 Å². The first-order valence-electron chi connectivity index (χ1n) is 13.1. The third-order valence-electron chi connectivity index (χ3n) is 7.47. The Hall–Kier alpha value is -2.12. The summed E-state index contributed by atoms with van der Waals surface area (Å²) in [6.45, 7) is 9.66. The van der Waals surface area contributed by atoms with Crippen LogP contribution in [0, 0.1) is 11.8 Å². The van der Waals surface area contributed by atoms with Crippen molar-refractivity contribution >= 4 is 11.9 Å². The Bertz CT molecular complexity index is 830. The minimum atomic E-state index is -0.768. The van der Waals surface area contributed by atoms with E-state index in [0.717, 1.165) is 55.4 Å². The predicted molar refractivity (Wildman–Crippen MR) is 134 cm³/mol. The van der Waals surface area contributed by atoms with Crippen LogP contribution in [0.5, 0.6) is 5.75 Å². The number of likely N-dealkylation sites (tertiary alicyclic amines) is 1. The van der Waals surface area contributed by atoms with Crippen LogP contribution in [0.4, 0.5) is 0 Å². The van der Waals surface area contributed by atoms with Gasteiger partial charge in [0.05, 0.1) is 19.1 Å². The van der Waals surface area contributed by atoms with Gasteiger partial charge in [-0.1, -0.05) is 52.2 Å². The Morgan fingerprint density at radius 3 is 2.74 bits per heavy atom. The number of amides is 1. The Morgan fingerprint density at radius 2 is 2.06 bits per heavy atom. The van der Waals surface area contributed by atoms with E-state index in [-0.39, 0.29) is 24.4 Å². The van der Waals surface area contributed by atoms with Gasteiger partial charge in [0, 0.05) is 44.6 Å². The molecule has 1 aromatic carbocycles. The van der Waals surface area contributed by atoms with Crippen LogP contribution < -0.4 is 10.5 Å². The molecule has 1 amide bonds. The standard InChI is InChI=1S/C27H43N3O4/c1-4-6-12-29(13-11-28)25(31)18-30-17-22(20-8-9-24-21(16-20)10-14-34-24)26(27(32)33)23(30)15-19(3)7-5-2/h8-9,16,19,22-23,26H,4-7,10-15,17-18,28H2,1-3H3,(H,32,33)/t19?,22-,23+,26?/m1/s1. The zero-order valence-electron chi connectivity index (χ0n) is 21.2. The van der Waals surface area contributed by atoms with Crippen molar-refractivity contribution in [1.29, 1.82) is 0 Å². The average Bonchev–Trinajstić information content (AvgIpc) is 3.41. The SMILES string of the molecule is CCCCN(CCN)C(=O)CN1C[C@H](c2ccc3c(c2)CCO3)C(C(=O)O)[C@@H]1CC(C)CCC. The van der Waals surface area contributed by atoms with Gasteiger partial charge < -0.3 is 20.5 Å². The molecule has 3 N–H and O–H groups in total. The van der Waals surface area contributed by atoms with Crippen LogP contribution in [-0.2, 0) is 16.0 Å². The minimum Gasteiger partial charge on any atom is -0.493 e. The Morgan fingerprint density at radius 1 is 1.26 bits per heavy atom. The third-order valence-corrected chi connectivity index (χ3v) is 7.47. The molecular formula is C27H43N3O4. The first kappa shape index (κ1) is 26.5. The number of fused-ring (bicyclic) bond motifs is 1. The smallest absolute Gasteiger partial charge is 0.308 e. The zero-order valence-corrected chi connectivity index (χ0v) is 21.2. The summed E-state index contributed by atoms with van der Waals surface area (Å²) in [6, 6.07) is 5.96. The summed E-state index contributed by atoms with van der Waals surface area (Å²) in [5.74, 6) is -0.0851. The molecule has 0 aliphatic carbocycles. The number of hydrogen-bond acceptors (Lipinski definition) is 5. The maximum Gasteiger partial charge on any atom is 0.308 e. The van der Waals surface area contributed by atoms with E-state index in [4.69, 9.17) is 10.5 Å². The molecule has 0 aromatic heterocycles. The number of aliphatic carboxylic acids is 1. The van der Waals surface area contributed by atoms with Crippen LogP contribution in [0.15, 0.2) is 18.2 Å². The van der Waals surface area contributed by atoms with Crippen LogP contribution >= 0.6 is 0 Å². The number of carboxylic acid groups (broad SMARTS) is 1. The lowest BCUT2D eigenvalue weighted by Gasteiger charge is -2.31. The molecule has 1 fully saturated rings. The van der Waals surface area contributed by atoms with Gasteiger partial charge in [0.25, 0.3) is 0 Å². The number of benzene rings is 1. The van der Waals surface area contributed by atoms with E-state index in [1.165, 1.54) is 0 Å². The highest BCUT2D eigenvalue weighted by Gasteiger charge is 2.47. The second kappa shape index (κ2) is 12.5. The van der Waals surface area contributed by atoms with Crippen molar-refractivity contribution < 1.29 is 19.4 Å². The molecule has 0 radical (unpaired) electrons. The van der Waals surface area contributed by atoms with Crippen LogP contribution in [-0.4, -0.2) is 72.2 Å². The molecular weight excluding hydrogens is 430 g/mol. The number of nitrogens with zero attached hydrogens (tertiary/aromatic N) is 2. The van der Waals surface area contributed by atoms with E-state index in [9.17, 15) is 14.7 Å². The second-order valence-electron chi connectivity index (χ2n) is 10.1. The number of ether oxygens (including phenoxy) is 1. The van der Waals surface area contributed by atoms with Crippen molar-refractivity contribution in [2.45, 2.75) is 71.3 Å². The lowest BCUT2D eigenvalue weighted by atomic mass is 9.81. The van der Waals surface area contributed by atoms with Gasteiger partial charge in [-0.15, -0.1) is 0 Å². The third kappa shape index (κ3) is 6.30. The topological polar surface area (TPSA) is 96.1 Å². The number of carboxylic acids is 1. The molecule has 3 rings (SSSR count). The lowest BCUT2D eigenvalue weighted by Crippen LogP contribution is -2.46. The second-order valence-corrected chi connectivity index (χ2v) is 10.1. The number of carbonyl (C=O) groups is 2. The summed E-state index contributed by atoms with van der Waals surface area (Å²) >= 11 is 0. The van der Waals surface area contributed by atoms with E-state index in [0.29, 0.717) is 38.7 Å². The van der Waals surface area contributed by atoms with Crippen LogP contribution in [0.25, 0.3) is 0 Å². The van der Waals surface area contributed by atoms with Crippen molar-refractivity contribution in [2.75, 3.05) is 39.3 Å². The van der Waals surface area contributed by atoms with Crippen molar-refractivity contribution in [1.82, 2.24) is 9.80 Å². The predicted octanol–water partition coefficient (Wildman–Crippen LogP) is 3.50. The lowest BCUT2D eigenvalue weighted by molar-refractivity contribution is -0.144. The van der Waals surface area contributed by atoms with E-state index in [2.05, 4.69) is 31.7 Å². The fraction of sp³-hybridized carbons (Fsp3) is 0.704. The van der Waals surface area contributed by atoms with Gasteiger partial charge >= 0.3 is 5.97 Å². The van der Waals surface area contributed by atoms with Crippen LogP contribution in [0.1, 0.15) is 69.9 Å². The molecule has 0 bridgehead atoms. The fourth-order valence-electron chi connectivity index (χ4n) is 5.72. The van der Waals surface area contributed by atoms with Gasteiger partial charge in [0.15, 0.2) is 0 Å². The minimum absolute atomic E-state index is 0.0548. The highest BCUT2D eigenvalue weighted by atomic mass is 16.5. The van der Waals surface area contributed by atoms with E-state index < -0.39 is 11.9 Å². The summed E-state index contributed by atoms with van der Waals surface area (Å²) in [6.07, 6.45) is 5.73. The van der Waals surface area contributed by atoms with Crippen LogP contribution in [0.2, 0.25) is 0 Å². The number of carbonyl (C=O) groups excluding carboxylic acids is 1. The molecule has 7 nitrogen and oxygen atoms in total. The summed E-state index contributed by atoms with van der Waals surface area (Å²) in [7, 11) is 0. The Balaban J connectivity index is 1.87. The van der Waals surface area contributed by atoms with Crippen molar-refractivity contribution in [3.8, 4) is 5.75 Å².